The molecule has 1 fully saturated rings. The van der Waals surface area contributed by atoms with Gasteiger partial charge in [0.2, 0.25) is 5.03 Å². The SMILES string of the molecule is Cc1[nH]nc(S(=O)(=O)N(C)CC2CCCCC2)c1C(=O)O. The first-order valence-corrected chi connectivity index (χ1v) is 8.52. The maximum Gasteiger partial charge on any atom is 0.340 e. The van der Waals surface area contributed by atoms with E-state index in [2.05, 4.69) is 10.2 Å². The summed E-state index contributed by atoms with van der Waals surface area (Å²) in [6.07, 6.45) is 5.49. The molecule has 1 saturated carbocycles. The lowest BCUT2D eigenvalue weighted by Gasteiger charge is -2.26. The van der Waals surface area contributed by atoms with Gasteiger partial charge >= 0.3 is 5.97 Å². The fourth-order valence-electron chi connectivity index (χ4n) is 2.82. The number of hydrogen-bond acceptors (Lipinski definition) is 4. The van der Waals surface area contributed by atoms with Gasteiger partial charge in [0, 0.05) is 19.3 Å². The minimum Gasteiger partial charge on any atom is -0.478 e. The molecule has 2 N–H and O–H groups in total. The normalized spacial score (nSPS) is 17.3. The number of aryl methyl sites for hydroxylation is 1. The summed E-state index contributed by atoms with van der Waals surface area (Å²) in [6, 6.07) is 0. The number of rotatable bonds is 5. The predicted molar refractivity (Wildman–Crippen MR) is 76.7 cm³/mol. The van der Waals surface area contributed by atoms with Crippen LogP contribution in [0.3, 0.4) is 0 Å². The van der Waals surface area contributed by atoms with E-state index in [1.807, 2.05) is 0 Å². The third kappa shape index (κ3) is 3.26. The van der Waals surface area contributed by atoms with Crippen molar-refractivity contribution in [3.05, 3.63) is 11.3 Å². The Kier molecular flexibility index (Phi) is 4.67. The molecule has 1 aliphatic carbocycles. The summed E-state index contributed by atoms with van der Waals surface area (Å²) in [6.45, 7) is 1.91. The molecule has 0 amide bonds. The Hall–Kier alpha value is -1.41. The van der Waals surface area contributed by atoms with Gasteiger partial charge in [-0.3, -0.25) is 5.10 Å². The molecule has 21 heavy (non-hydrogen) atoms. The summed E-state index contributed by atoms with van der Waals surface area (Å²) >= 11 is 0. The van der Waals surface area contributed by atoms with Crippen LogP contribution in [0.5, 0.6) is 0 Å². The molecule has 1 aliphatic rings. The van der Waals surface area contributed by atoms with Crippen molar-refractivity contribution in [3.63, 3.8) is 0 Å². The zero-order valence-electron chi connectivity index (χ0n) is 12.3. The molecule has 0 unspecified atom stereocenters. The van der Waals surface area contributed by atoms with Gasteiger partial charge in [-0.25, -0.2) is 13.2 Å². The molecule has 118 valence electrons. The molecule has 2 rings (SSSR count). The van der Waals surface area contributed by atoms with E-state index in [4.69, 9.17) is 5.11 Å². The third-order valence-corrected chi connectivity index (χ3v) is 5.78. The van der Waals surface area contributed by atoms with Gasteiger partial charge in [0.1, 0.15) is 5.56 Å². The van der Waals surface area contributed by atoms with E-state index in [1.54, 1.807) is 0 Å². The number of hydrogen-bond donors (Lipinski definition) is 2. The Bertz CT molecular complexity index is 617. The van der Waals surface area contributed by atoms with Crippen LogP contribution in [-0.4, -0.2) is 47.6 Å². The van der Waals surface area contributed by atoms with Crippen molar-refractivity contribution in [2.45, 2.75) is 44.1 Å². The van der Waals surface area contributed by atoms with Crippen LogP contribution < -0.4 is 0 Å². The number of carboxylic acids is 1. The largest absolute Gasteiger partial charge is 0.478 e. The summed E-state index contributed by atoms with van der Waals surface area (Å²) in [5.74, 6) is -0.947. The van der Waals surface area contributed by atoms with E-state index < -0.39 is 21.0 Å². The van der Waals surface area contributed by atoms with Crippen LogP contribution in [-0.2, 0) is 10.0 Å². The molecule has 0 aromatic carbocycles. The highest BCUT2D eigenvalue weighted by Gasteiger charge is 2.32. The molecule has 0 spiro atoms. The summed E-state index contributed by atoms with van der Waals surface area (Å²) in [4.78, 5) is 11.2. The Morgan fingerprint density at radius 2 is 2.00 bits per heavy atom. The maximum atomic E-state index is 12.5. The number of H-pyrrole nitrogens is 1. The average Bonchev–Trinajstić information content (AvgIpc) is 2.82. The van der Waals surface area contributed by atoms with Gasteiger partial charge in [0.25, 0.3) is 10.0 Å². The van der Waals surface area contributed by atoms with Crippen molar-refractivity contribution in [1.82, 2.24) is 14.5 Å². The number of carboxylic acid groups (broad SMARTS) is 1. The van der Waals surface area contributed by atoms with E-state index in [1.165, 1.54) is 24.7 Å². The molecule has 1 heterocycles. The van der Waals surface area contributed by atoms with Gasteiger partial charge < -0.3 is 5.11 Å². The minimum absolute atomic E-state index is 0.243. The van der Waals surface area contributed by atoms with Crippen LogP contribution in [0.15, 0.2) is 5.03 Å². The fourth-order valence-corrected chi connectivity index (χ4v) is 4.19. The van der Waals surface area contributed by atoms with E-state index in [0.717, 1.165) is 25.7 Å². The van der Waals surface area contributed by atoms with Crippen LogP contribution in [0.4, 0.5) is 0 Å². The third-order valence-electron chi connectivity index (χ3n) is 4.02. The van der Waals surface area contributed by atoms with Crippen LogP contribution in [0.2, 0.25) is 0 Å². The van der Waals surface area contributed by atoms with Gasteiger partial charge in [0.05, 0.1) is 0 Å². The second kappa shape index (κ2) is 6.15. The second-order valence-electron chi connectivity index (χ2n) is 5.62. The Morgan fingerprint density at radius 1 is 1.38 bits per heavy atom. The van der Waals surface area contributed by atoms with Gasteiger partial charge in [-0.1, -0.05) is 19.3 Å². The zero-order valence-corrected chi connectivity index (χ0v) is 13.1. The second-order valence-corrected chi connectivity index (χ2v) is 7.58. The molecule has 0 saturated heterocycles. The highest BCUT2D eigenvalue weighted by atomic mass is 32.2. The molecule has 1 aromatic heterocycles. The van der Waals surface area contributed by atoms with Crippen LogP contribution in [0, 0.1) is 12.8 Å². The van der Waals surface area contributed by atoms with Crippen molar-refractivity contribution in [1.29, 1.82) is 0 Å². The Balaban J connectivity index is 2.22. The van der Waals surface area contributed by atoms with Crippen molar-refractivity contribution < 1.29 is 18.3 Å². The van der Waals surface area contributed by atoms with Crippen molar-refractivity contribution >= 4 is 16.0 Å². The number of aromatic amines is 1. The summed E-state index contributed by atoms with van der Waals surface area (Å²) in [7, 11) is -2.40. The van der Waals surface area contributed by atoms with Gasteiger partial charge in [-0.05, 0) is 25.7 Å². The number of aromatic nitrogens is 2. The topological polar surface area (TPSA) is 103 Å². The van der Waals surface area contributed by atoms with Crippen LogP contribution >= 0.6 is 0 Å². The van der Waals surface area contributed by atoms with Gasteiger partial charge in [-0.2, -0.15) is 9.40 Å². The predicted octanol–water partition coefficient (Wildman–Crippen LogP) is 1.62. The standard InChI is InChI=1S/C13H21N3O4S/c1-9-11(13(17)18)12(15-14-9)21(19,20)16(2)8-10-6-4-3-5-7-10/h10H,3-8H2,1-2H3,(H,14,15)(H,17,18). The average molecular weight is 315 g/mol. The number of nitrogens with zero attached hydrogens (tertiary/aromatic N) is 2. The lowest BCUT2D eigenvalue weighted by atomic mass is 9.89. The molecule has 0 bridgehead atoms. The van der Waals surface area contributed by atoms with Crippen molar-refractivity contribution in [2.75, 3.05) is 13.6 Å². The van der Waals surface area contributed by atoms with Gasteiger partial charge in [-0.15, -0.1) is 0 Å². The maximum absolute atomic E-state index is 12.5. The Morgan fingerprint density at radius 3 is 2.57 bits per heavy atom. The van der Waals surface area contributed by atoms with Gasteiger partial charge in [0.15, 0.2) is 0 Å². The first kappa shape index (κ1) is 16.0. The minimum atomic E-state index is -3.88. The fraction of sp³-hybridized carbons (Fsp3) is 0.692. The summed E-state index contributed by atoms with van der Waals surface area (Å²) < 4.78 is 26.3. The zero-order chi connectivity index (χ0) is 15.6. The molecule has 0 radical (unpaired) electrons. The smallest absolute Gasteiger partial charge is 0.340 e. The first-order chi connectivity index (χ1) is 9.84. The number of aromatic carboxylic acids is 1. The molecule has 0 aliphatic heterocycles. The van der Waals surface area contributed by atoms with Crippen molar-refractivity contribution in [2.24, 2.45) is 5.92 Å². The van der Waals surface area contributed by atoms with E-state index >= 15 is 0 Å². The Labute approximate surface area is 124 Å². The first-order valence-electron chi connectivity index (χ1n) is 7.08. The lowest BCUT2D eigenvalue weighted by molar-refractivity contribution is 0.0691. The monoisotopic (exact) mass is 315 g/mol. The van der Waals surface area contributed by atoms with Crippen molar-refractivity contribution in [3.8, 4) is 0 Å². The molecular formula is C13H21N3O4S. The number of nitrogens with one attached hydrogen (secondary N) is 1. The van der Waals surface area contributed by atoms with E-state index in [9.17, 15) is 13.2 Å². The molecule has 7 nitrogen and oxygen atoms in total. The van der Waals surface area contributed by atoms with Crippen LogP contribution in [0.25, 0.3) is 0 Å². The molecule has 1 aromatic rings. The number of sulfonamides is 1. The lowest BCUT2D eigenvalue weighted by Crippen LogP contribution is -2.33. The highest BCUT2D eigenvalue weighted by Crippen LogP contribution is 2.26. The summed E-state index contributed by atoms with van der Waals surface area (Å²) in [5, 5.41) is 14.9. The molecule has 0 atom stereocenters. The molecule has 8 heteroatoms. The highest BCUT2D eigenvalue weighted by molar-refractivity contribution is 7.89. The summed E-state index contributed by atoms with van der Waals surface area (Å²) in [5.41, 5.74) is -0.0300. The number of carbonyl (C=O) groups is 1. The van der Waals surface area contributed by atoms with Crippen LogP contribution in [0.1, 0.15) is 48.2 Å². The van der Waals surface area contributed by atoms with E-state index in [0.29, 0.717) is 12.5 Å². The quantitative estimate of drug-likeness (QED) is 0.859. The molecular weight excluding hydrogens is 294 g/mol. The van der Waals surface area contributed by atoms with E-state index in [-0.39, 0.29) is 11.3 Å².